The summed E-state index contributed by atoms with van der Waals surface area (Å²) in [6.45, 7) is 6.83. The van der Waals surface area contributed by atoms with E-state index < -0.39 is 5.82 Å². The Kier molecular flexibility index (Phi) is 8.36. The quantitative estimate of drug-likeness (QED) is 0.527. The third kappa shape index (κ3) is 5.67. The predicted octanol–water partition coefficient (Wildman–Crippen LogP) is 4.59. The van der Waals surface area contributed by atoms with E-state index in [2.05, 4.69) is 9.97 Å². The van der Waals surface area contributed by atoms with Crippen molar-refractivity contribution in [3.63, 3.8) is 0 Å². The van der Waals surface area contributed by atoms with E-state index in [1.807, 2.05) is 49.1 Å². The molecule has 0 spiro atoms. The van der Waals surface area contributed by atoms with Crippen LogP contribution in [-0.2, 0) is 11.3 Å². The normalized spacial score (nSPS) is 13.5. The first-order valence-electron chi connectivity index (χ1n) is 10.8. The van der Waals surface area contributed by atoms with Crippen molar-refractivity contribution in [3.05, 3.63) is 77.7 Å². The number of anilines is 1. The molecule has 8 heteroatoms. The Hall–Kier alpha value is -3.03. The molecule has 1 saturated heterocycles. The molecule has 0 radical (unpaired) electrons. The van der Waals surface area contributed by atoms with Gasteiger partial charge in [0, 0.05) is 37.4 Å². The fourth-order valence-electron chi connectivity index (χ4n) is 3.73. The van der Waals surface area contributed by atoms with E-state index in [0.29, 0.717) is 44.5 Å². The lowest BCUT2D eigenvalue weighted by atomic mass is 10.0. The highest BCUT2D eigenvalue weighted by Crippen LogP contribution is 2.28. The lowest BCUT2D eigenvalue weighted by Crippen LogP contribution is -2.38. The number of amides is 1. The minimum Gasteiger partial charge on any atom is -0.378 e. The Morgan fingerprint density at radius 2 is 1.76 bits per heavy atom. The number of morpholine rings is 1. The molecule has 33 heavy (non-hydrogen) atoms. The molecular weight excluding hydrogens is 443 g/mol. The van der Waals surface area contributed by atoms with Crippen molar-refractivity contribution in [2.24, 2.45) is 0 Å². The van der Waals surface area contributed by atoms with Gasteiger partial charge in [-0.15, -0.1) is 12.4 Å². The zero-order chi connectivity index (χ0) is 22.5. The summed E-state index contributed by atoms with van der Waals surface area (Å²) in [4.78, 5) is 26.6. The number of carbonyl (C=O) groups excluding carboxylic acids is 1. The minimum atomic E-state index is -0.424. The highest BCUT2D eigenvalue weighted by atomic mass is 35.5. The molecule has 1 fully saturated rings. The van der Waals surface area contributed by atoms with Crippen LogP contribution in [0.2, 0.25) is 0 Å². The van der Waals surface area contributed by atoms with Gasteiger partial charge in [-0.1, -0.05) is 42.5 Å². The fraction of sp³-hybridized carbons (Fsp3) is 0.320. The van der Waals surface area contributed by atoms with Gasteiger partial charge in [0.15, 0.2) is 0 Å². The molecular formula is C25H28ClFN4O2. The number of halogens is 2. The van der Waals surface area contributed by atoms with Gasteiger partial charge in [0.2, 0.25) is 5.95 Å². The second kappa shape index (κ2) is 11.2. The second-order valence-electron chi connectivity index (χ2n) is 8.02. The summed E-state index contributed by atoms with van der Waals surface area (Å²) in [5.74, 6) is -0.176. The molecule has 1 aliphatic rings. The molecule has 3 aromatic rings. The number of carbonyl (C=O) groups is 1. The summed E-state index contributed by atoms with van der Waals surface area (Å²) in [6.07, 6.45) is 1.53. The van der Waals surface area contributed by atoms with Crippen molar-refractivity contribution in [1.82, 2.24) is 14.9 Å². The Morgan fingerprint density at radius 1 is 1.09 bits per heavy atom. The van der Waals surface area contributed by atoms with Crippen molar-refractivity contribution in [1.29, 1.82) is 0 Å². The molecule has 174 valence electrons. The lowest BCUT2D eigenvalue weighted by Gasteiger charge is -2.29. The number of hydrogen-bond donors (Lipinski definition) is 0. The monoisotopic (exact) mass is 470 g/mol. The van der Waals surface area contributed by atoms with E-state index in [0.717, 1.165) is 5.56 Å². The molecule has 2 heterocycles. The Morgan fingerprint density at radius 3 is 2.42 bits per heavy atom. The molecule has 0 saturated carbocycles. The van der Waals surface area contributed by atoms with Crippen LogP contribution in [0.5, 0.6) is 0 Å². The molecule has 0 unspecified atom stereocenters. The summed E-state index contributed by atoms with van der Waals surface area (Å²) in [5, 5.41) is 0. The third-order valence-electron chi connectivity index (χ3n) is 5.51. The second-order valence-corrected chi connectivity index (χ2v) is 8.02. The van der Waals surface area contributed by atoms with Crippen molar-refractivity contribution < 1.29 is 13.9 Å². The summed E-state index contributed by atoms with van der Waals surface area (Å²) < 4.78 is 20.2. The van der Waals surface area contributed by atoms with Gasteiger partial charge in [0.1, 0.15) is 5.82 Å². The zero-order valence-corrected chi connectivity index (χ0v) is 19.6. The topological polar surface area (TPSA) is 58.6 Å². The summed E-state index contributed by atoms with van der Waals surface area (Å²) >= 11 is 0. The number of aromatic nitrogens is 2. The molecule has 0 N–H and O–H groups in total. The number of benzene rings is 2. The SMILES string of the molecule is CC(C)N(Cc1ccccc1)C(=O)c1cnc(N2CCOCC2)nc1-c1ccccc1F.Cl. The van der Waals surface area contributed by atoms with Gasteiger partial charge < -0.3 is 14.5 Å². The molecule has 0 bridgehead atoms. The maximum atomic E-state index is 14.8. The van der Waals surface area contributed by atoms with Crippen molar-refractivity contribution in [2.45, 2.75) is 26.4 Å². The first kappa shape index (κ1) is 24.6. The van der Waals surface area contributed by atoms with Crippen LogP contribution in [0.25, 0.3) is 11.3 Å². The number of hydrogen-bond acceptors (Lipinski definition) is 5. The van der Waals surface area contributed by atoms with Crippen molar-refractivity contribution in [2.75, 3.05) is 31.2 Å². The zero-order valence-electron chi connectivity index (χ0n) is 18.8. The summed E-state index contributed by atoms with van der Waals surface area (Å²) in [7, 11) is 0. The predicted molar refractivity (Wildman–Crippen MR) is 129 cm³/mol. The molecule has 6 nitrogen and oxygen atoms in total. The van der Waals surface area contributed by atoms with Gasteiger partial charge in [-0.05, 0) is 31.5 Å². The van der Waals surface area contributed by atoms with Crippen molar-refractivity contribution >= 4 is 24.3 Å². The molecule has 1 amide bonds. The van der Waals surface area contributed by atoms with Crippen LogP contribution in [0.3, 0.4) is 0 Å². The maximum Gasteiger partial charge on any atom is 0.258 e. The Balaban J connectivity index is 0.00000306. The van der Waals surface area contributed by atoms with Crippen LogP contribution < -0.4 is 4.90 Å². The van der Waals surface area contributed by atoms with Gasteiger partial charge >= 0.3 is 0 Å². The van der Waals surface area contributed by atoms with Gasteiger partial charge in [0.25, 0.3) is 5.91 Å². The van der Waals surface area contributed by atoms with E-state index in [1.165, 1.54) is 12.3 Å². The third-order valence-corrected chi connectivity index (χ3v) is 5.51. The summed E-state index contributed by atoms with van der Waals surface area (Å²) in [6, 6.07) is 16.1. The van der Waals surface area contributed by atoms with Crippen LogP contribution in [0, 0.1) is 5.82 Å². The smallest absolute Gasteiger partial charge is 0.258 e. The van der Waals surface area contributed by atoms with E-state index in [1.54, 1.807) is 23.1 Å². The lowest BCUT2D eigenvalue weighted by molar-refractivity contribution is 0.0690. The molecule has 4 rings (SSSR count). The Labute approximate surface area is 199 Å². The largest absolute Gasteiger partial charge is 0.378 e. The maximum absolute atomic E-state index is 14.8. The van der Waals surface area contributed by atoms with Crippen LogP contribution in [0.4, 0.5) is 10.3 Å². The minimum absolute atomic E-state index is 0. The van der Waals surface area contributed by atoms with E-state index in [9.17, 15) is 9.18 Å². The van der Waals surface area contributed by atoms with Crippen LogP contribution in [-0.4, -0.2) is 53.1 Å². The highest BCUT2D eigenvalue weighted by molar-refractivity contribution is 6.00. The van der Waals surface area contributed by atoms with Crippen LogP contribution >= 0.6 is 12.4 Å². The van der Waals surface area contributed by atoms with Gasteiger partial charge in [-0.3, -0.25) is 4.79 Å². The fourth-order valence-corrected chi connectivity index (χ4v) is 3.73. The summed E-state index contributed by atoms with van der Waals surface area (Å²) in [5.41, 5.74) is 1.91. The molecule has 0 atom stereocenters. The number of rotatable bonds is 6. The van der Waals surface area contributed by atoms with Crippen molar-refractivity contribution in [3.8, 4) is 11.3 Å². The van der Waals surface area contributed by atoms with Crippen LogP contribution in [0.15, 0.2) is 60.8 Å². The van der Waals surface area contributed by atoms with Gasteiger partial charge in [0.05, 0.1) is 24.5 Å². The van der Waals surface area contributed by atoms with E-state index in [4.69, 9.17) is 4.74 Å². The number of ether oxygens (including phenoxy) is 1. The molecule has 1 aromatic heterocycles. The average Bonchev–Trinajstić information content (AvgIpc) is 2.83. The molecule has 2 aromatic carbocycles. The first-order chi connectivity index (χ1) is 15.5. The molecule has 0 aliphatic carbocycles. The van der Waals surface area contributed by atoms with Gasteiger partial charge in [-0.2, -0.15) is 0 Å². The van der Waals surface area contributed by atoms with E-state index >= 15 is 0 Å². The first-order valence-corrected chi connectivity index (χ1v) is 10.8. The van der Waals surface area contributed by atoms with Crippen LogP contribution in [0.1, 0.15) is 29.8 Å². The highest BCUT2D eigenvalue weighted by Gasteiger charge is 2.26. The number of nitrogens with zero attached hydrogens (tertiary/aromatic N) is 4. The standard InChI is InChI=1S/C25H27FN4O2.ClH/c1-18(2)30(17-19-8-4-3-5-9-19)24(31)21-16-27-25(29-12-14-32-15-13-29)28-23(21)20-10-6-7-11-22(20)26;/h3-11,16,18H,12-15,17H2,1-2H3;1H. The average molecular weight is 471 g/mol. The molecule has 1 aliphatic heterocycles. The van der Waals surface area contributed by atoms with Gasteiger partial charge in [-0.25, -0.2) is 14.4 Å². The Bertz CT molecular complexity index is 1080. The van der Waals surface area contributed by atoms with E-state index in [-0.39, 0.29) is 35.5 Å².